The predicted octanol–water partition coefficient (Wildman–Crippen LogP) is 1.68. The average Bonchev–Trinajstić information content (AvgIpc) is 2.84. The third-order valence-electron chi connectivity index (χ3n) is 4.35. The lowest BCUT2D eigenvalue weighted by Gasteiger charge is -2.33. The van der Waals surface area contributed by atoms with E-state index in [1.54, 1.807) is 0 Å². The van der Waals surface area contributed by atoms with E-state index in [9.17, 15) is 4.79 Å². The van der Waals surface area contributed by atoms with Gasteiger partial charge in [-0.25, -0.2) is 0 Å². The third kappa shape index (κ3) is 2.40. The highest BCUT2D eigenvalue weighted by Crippen LogP contribution is 2.51. The molecule has 92 valence electrons. The van der Waals surface area contributed by atoms with Crippen LogP contribution in [0.2, 0.25) is 0 Å². The topological polar surface area (TPSA) is 41.1 Å². The molecule has 0 spiro atoms. The molecule has 1 aliphatic carbocycles. The van der Waals surface area contributed by atoms with Gasteiger partial charge in [0.15, 0.2) is 0 Å². The molecule has 2 unspecified atom stereocenters. The van der Waals surface area contributed by atoms with E-state index in [1.165, 1.54) is 12.8 Å². The van der Waals surface area contributed by atoms with Crippen molar-refractivity contribution < 1.29 is 4.79 Å². The molecule has 16 heavy (non-hydrogen) atoms. The summed E-state index contributed by atoms with van der Waals surface area (Å²) in [6, 6.07) is 0. The fourth-order valence-corrected chi connectivity index (χ4v) is 2.59. The number of carbonyl (C=O) groups excluding carboxylic acids is 1. The Bertz CT molecular complexity index is 280. The molecule has 2 aliphatic rings. The van der Waals surface area contributed by atoms with Crippen molar-refractivity contribution in [2.45, 2.75) is 52.0 Å². The molecule has 1 saturated heterocycles. The van der Waals surface area contributed by atoms with Crippen molar-refractivity contribution in [3.05, 3.63) is 0 Å². The Balaban J connectivity index is 1.79. The number of nitrogens with one attached hydrogen (secondary N) is 2. The molecule has 1 aliphatic heterocycles. The van der Waals surface area contributed by atoms with Crippen molar-refractivity contribution in [3.63, 3.8) is 0 Å². The Hall–Kier alpha value is -0.570. The van der Waals surface area contributed by atoms with E-state index in [2.05, 4.69) is 24.5 Å². The summed E-state index contributed by atoms with van der Waals surface area (Å²) in [7, 11) is 0. The number of hydrogen-bond acceptors (Lipinski definition) is 2. The first kappa shape index (κ1) is 11.9. The van der Waals surface area contributed by atoms with Crippen LogP contribution in [0.5, 0.6) is 0 Å². The van der Waals surface area contributed by atoms with Crippen molar-refractivity contribution >= 4 is 5.91 Å². The van der Waals surface area contributed by atoms with E-state index in [-0.39, 0.29) is 11.4 Å². The molecule has 0 radical (unpaired) electrons. The molecule has 3 heteroatoms. The summed E-state index contributed by atoms with van der Waals surface area (Å²) in [6.07, 6.45) is 4.56. The van der Waals surface area contributed by atoms with Gasteiger partial charge in [0.25, 0.3) is 0 Å². The summed E-state index contributed by atoms with van der Waals surface area (Å²) in [4.78, 5) is 12.1. The van der Waals surface area contributed by atoms with Crippen LogP contribution in [-0.4, -0.2) is 24.5 Å². The Morgan fingerprint density at radius 2 is 2.06 bits per heavy atom. The van der Waals surface area contributed by atoms with E-state index in [0.717, 1.165) is 25.9 Å². The van der Waals surface area contributed by atoms with E-state index in [1.807, 2.05) is 6.92 Å². The first-order valence-electron chi connectivity index (χ1n) is 6.47. The van der Waals surface area contributed by atoms with Gasteiger partial charge in [-0.05, 0) is 50.5 Å². The SMILES string of the molecule is CC1(C(=O)NCC2CC2(C)C)CCCCN1. The molecule has 1 amide bonds. The second kappa shape index (κ2) is 4.02. The molecule has 1 heterocycles. The lowest BCUT2D eigenvalue weighted by Crippen LogP contribution is -2.57. The predicted molar refractivity (Wildman–Crippen MR) is 65.2 cm³/mol. The normalized spacial score (nSPS) is 36.8. The minimum absolute atomic E-state index is 0.190. The number of amides is 1. The maximum atomic E-state index is 12.1. The molecule has 0 aromatic rings. The molecule has 2 atom stereocenters. The van der Waals surface area contributed by atoms with Gasteiger partial charge >= 0.3 is 0 Å². The number of rotatable bonds is 3. The fraction of sp³-hybridized carbons (Fsp3) is 0.923. The molecule has 2 fully saturated rings. The van der Waals surface area contributed by atoms with E-state index < -0.39 is 0 Å². The van der Waals surface area contributed by atoms with Crippen LogP contribution in [-0.2, 0) is 4.79 Å². The molecular weight excluding hydrogens is 200 g/mol. The van der Waals surface area contributed by atoms with Crippen LogP contribution < -0.4 is 10.6 Å². The summed E-state index contributed by atoms with van der Waals surface area (Å²) in [5.41, 5.74) is 0.130. The van der Waals surface area contributed by atoms with Crippen LogP contribution in [0.25, 0.3) is 0 Å². The van der Waals surface area contributed by atoms with E-state index in [4.69, 9.17) is 0 Å². The summed E-state index contributed by atoms with van der Waals surface area (Å²) < 4.78 is 0. The maximum Gasteiger partial charge on any atom is 0.240 e. The van der Waals surface area contributed by atoms with Gasteiger partial charge in [0.05, 0.1) is 5.54 Å². The zero-order chi connectivity index (χ0) is 11.8. The first-order chi connectivity index (χ1) is 7.44. The first-order valence-corrected chi connectivity index (χ1v) is 6.47. The number of carbonyl (C=O) groups is 1. The molecule has 0 aromatic heterocycles. The summed E-state index contributed by atoms with van der Waals surface area (Å²) >= 11 is 0. The molecule has 0 bridgehead atoms. The van der Waals surface area contributed by atoms with Crippen LogP contribution in [0.3, 0.4) is 0 Å². The minimum Gasteiger partial charge on any atom is -0.354 e. The summed E-state index contributed by atoms with van der Waals surface area (Å²) in [5, 5.41) is 6.46. The standard InChI is InChI=1S/C13H24N2O/c1-12(2)8-10(12)9-14-11(16)13(3)6-4-5-7-15-13/h10,15H,4-9H2,1-3H3,(H,14,16). The molecule has 3 nitrogen and oxygen atoms in total. The van der Waals surface area contributed by atoms with Gasteiger partial charge in [-0.1, -0.05) is 13.8 Å². The molecule has 2 N–H and O–H groups in total. The van der Waals surface area contributed by atoms with Gasteiger partial charge in [-0.3, -0.25) is 4.79 Å². The third-order valence-corrected chi connectivity index (χ3v) is 4.35. The van der Waals surface area contributed by atoms with Crippen LogP contribution in [0.1, 0.15) is 46.5 Å². The van der Waals surface area contributed by atoms with E-state index in [0.29, 0.717) is 11.3 Å². The second-order valence-corrected chi connectivity index (χ2v) is 6.32. The monoisotopic (exact) mass is 224 g/mol. The Morgan fingerprint density at radius 3 is 2.56 bits per heavy atom. The van der Waals surface area contributed by atoms with Crippen molar-refractivity contribution in [1.82, 2.24) is 10.6 Å². The van der Waals surface area contributed by atoms with Crippen LogP contribution in [0.15, 0.2) is 0 Å². The number of piperidine rings is 1. The summed E-state index contributed by atoms with van der Waals surface area (Å²) in [6.45, 7) is 8.39. The Labute approximate surface area is 98.4 Å². The van der Waals surface area contributed by atoms with Gasteiger partial charge in [-0.2, -0.15) is 0 Å². The van der Waals surface area contributed by atoms with Crippen molar-refractivity contribution in [2.75, 3.05) is 13.1 Å². The quantitative estimate of drug-likeness (QED) is 0.766. The highest BCUT2D eigenvalue weighted by molar-refractivity contribution is 5.86. The number of hydrogen-bond donors (Lipinski definition) is 2. The molecule has 1 saturated carbocycles. The van der Waals surface area contributed by atoms with Crippen molar-refractivity contribution in [2.24, 2.45) is 11.3 Å². The van der Waals surface area contributed by atoms with Gasteiger partial charge in [0.2, 0.25) is 5.91 Å². The lowest BCUT2D eigenvalue weighted by atomic mass is 9.90. The smallest absolute Gasteiger partial charge is 0.240 e. The fourth-order valence-electron chi connectivity index (χ4n) is 2.59. The average molecular weight is 224 g/mol. The minimum atomic E-state index is -0.322. The maximum absolute atomic E-state index is 12.1. The van der Waals surface area contributed by atoms with Gasteiger partial charge in [0.1, 0.15) is 0 Å². The van der Waals surface area contributed by atoms with Gasteiger partial charge in [0, 0.05) is 6.54 Å². The summed E-state index contributed by atoms with van der Waals surface area (Å²) in [5.74, 6) is 0.874. The van der Waals surface area contributed by atoms with E-state index >= 15 is 0 Å². The zero-order valence-corrected chi connectivity index (χ0v) is 10.7. The van der Waals surface area contributed by atoms with Crippen LogP contribution >= 0.6 is 0 Å². The second-order valence-electron chi connectivity index (χ2n) is 6.32. The van der Waals surface area contributed by atoms with Gasteiger partial charge in [-0.15, -0.1) is 0 Å². The van der Waals surface area contributed by atoms with Gasteiger partial charge < -0.3 is 10.6 Å². The van der Waals surface area contributed by atoms with Crippen molar-refractivity contribution in [1.29, 1.82) is 0 Å². The molecule has 0 aromatic carbocycles. The molecular formula is C13H24N2O. The van der Waals surface area contributed by atoms with Crippen molar-refractivity contribution in [3.8, 4) is 0 Å². The largest absolute Gasteiger partial charge is 0.354 e. The zero-order valence-electron chi connectivity index (χ0n) is 10.7. The highest BCUT2D eigenvalue weighted by atomic mass is 16.2. The van der Waals surface area contributed by atoms with Crippen LogP contribution in [0, 0.1) is 11.3 Å². The highest BCUT2D eigenvalue weighted by Gasteiger charge is 2.46. The lowest BCUT2D eigenvalue weighted by molar-refractivity contribution is -0.128. The Kier molecular flexibility index (Phi) is 2.99. The van der Waals surface area contributed by atoms with Crippen LogP contribution in [0.4, 0.5) is 0 Å². The molecule has 2 rings (SSSR count). The Morgan fingerprint density at radius 1 is 1.38 bits per heavy atom.